The predicted octanol–water partition coefficient (Wildman–Crippen LogP) is 5.09. The van der Waals surface area contributed by atoms with E-state index in [1.54, 1.807) is 6.21 Å². The second-order valence-corrected chi connectivity index (χ2v) is 7.56. The standard InChI is InChI=1S/C23H26N4S/c1-16-7-5-8-20(13-16)15-27-10-6-9-21(27)14-24-26-23(28)25-22-18(3)11-17(2)12-19(22)4/h5-14H,15H2,1-4H3,(H2,25,26,28)/b24-14+. The van der Waals surface area contributed by atoms with Gasteiger partial charge in [0.2, 0.25) is 0 Å². The molecule has 144 valence electrons. The zero-order chi connectivity index (χ0) is 20.1. The molecular formula is C23H26N4S. The fourth-order valence-corrected chi connectivity index (χ4v) is 3.53. The monoisotopic (exact) mass is 390 g/mol. The van der Waals surface area contributed by atoms with Gasteiger partial charge in [-0.05, 0) is 68.7 Å². The summed E-state index contributed by atoms with van der Waals surface area (Å²) in [5, 5.41) is 8.03. The minimum absolute atomic E-state index is 0.475. The van der Waals surface area contributed by atoms with Gasteiger partial charge in [0.25, 0.3) is 0 Å². The maximum Gasteiger partial charge on any atom is 0.191 e. The first kappa shape index (κ1) is 19.8. The summed E-state index contributed by atoms with van der Waals surface area (Å²) >= 11 is 5.39. The van der Waals surface area contributed by atoms with Gasteiger partial charge in [-0.2, -0.15) is 5.10 Å². The fourth-order valence-electron chi connectivity index (χ4n) is 3.37. The summed E-state index contributed by atoms with van der Waals surface area (Å²) in [6.45, 7) is 9.16. The molecule has 3 aromatic rings. The van der Waals surface area contributed by atoms with Crippen LogP contribution < -0.4 is 10.7 Å². The first-order valence-corrected chi connectivity index (χ1v) is 9.72. The number of aromatic nitrogens is 1. The topological polar surface area (TPSA) is 41.4 Å². The maximum atomic E-state index is 5.39. The highest BCUT2D eigenvalue weighted by molar-refractivity contribution is 7.80. The molecule has 1 aromatic heterocycles. The van der Waals surface area contributed by atoms with Crippen LogP contribution in [0.25, 0.3) is 0 Å². The van der Waals surface area contributed by atoms with Gasteiger partial charge in [-0.15, -0.1) is 0 Å². The number of hydrazone groups is 1. The molecule has 28 heavy (non-hydrogen) atoms. The Morgan fingerprint density at radius 2 is 1.75 bits per heavy atom. The van der Waals surface area contributed by atoms with E-state index in [1.165, 1.54) is 16.7 Å². The van der Waals surface area contributed by atoms with E-state index in [-0.39, 0.29) is 0 Å². The summed E-state index contributed by atoms with van der Waals surface area (Å²) in [6.07, 6.45) is 3.85. The predicted molar refractivity (Wildman–Crippen MR) is 122 cm³/mol. The maximum absolute atomic E-state index is 5.39. The SMILES string of the molecule is Cc1cccc(Cn2cccc2/C=N/NC(=S)Nc2c(C)cc(C)cc2C)c1. The Balaban J connectivity index is 1.63. The molecule has 0 aliphatic rings. The summed E-state index contributed by atoms with van der Waals surface area (Å²) in [4.78, 5) is 0. The lowest BCUT2D eigenvalue weighted by Crippen LogP contribution is -2.25. The minimum atomic E-state index is 0.475. The molecule has 5 heteroatoms. The van der Waals surface area contributed by atoms with Crippen LogP contribution in [0.3, 0.4) is 0 Å². The number of nitrogens with one attached hydrogen (secondary N) is 2. The van der Waals surface area contributed by atoms with Crippen LogP contribution in [0.4, 0.5) is 5.69 Å². The van der Waals surface area contributed by atoms with Gasteiger partial charge in [-0.3, -0.25) is 5.43 Å². The zero-order valence-electron chi connectivity index (χ0n) is 16.8. The van der Waals surface area contributed by atoms with Crippen molar-refractivity contribution in [2.45, 2.75) is 34.2 Å². The molecule has 1 heterocycles. The summed E-state index contributed by atoms with van der Waals surface area (Å²) in [6, 6.07) is 16.9. The summed E-state index contributed by atoms with van der Waals surface area (Å²) < 4.78 is 2.16. The molecule has 0 amide bonds. The normalized spacial score (nSPS) is 11.0. The molecule has 0 radical (unpaired) electrons. The van der Waals surface area contributed by atoms with Crippen molar-refractivity contribution in [2.24, 2.45) is 5.10 Å². The molecule has 3 rings (SSSR count). The molecule has 0 unspecified atom stereocenters. The number of thiocarbonyl (C=S) groups is 1. The number of hydrogen-bond donors (Lipinski definition) is 2. The lowest BCUT2D eigenvalue weighted by Gasteiger charge is -2.14. The number of benzene rings is 2. The van der Waals surface area contributed by atoms with Crippen molar-refractivity contribution in [3.63, 3.8) is 0 Å². The molecular weight excluding hydrogens is 364 g/mol. The Kier molecular flexibility index (Phi) is 6.26. The van der Waals surface area contributed by atoms with Crippen molar-refractivity contribution in [1.82, 2.24) is 9.99 Å². The van der Waals surface area contributed by atoms with Gasteiger partial charge in [0.05, 0.1) is 11.9 Å². The van der Waals surface area contributed by atoms with Gasteiger partial charge in [0.1, 0.15) is 0 Å². The number of anilines is 1. The average molecular weight is 391 g/mol. The molecule has 4 nitrogen and oxygen atoms in total. The molecule has 2 N–H and O–H groups in total. The van der Waals surface area contributed by atoms with Gasteiger partial charge in [0.15, 0.2) is 5.11 Å². The van der Waals surface area contributed by atoms with Gasteiger partial charge in [0, 0.05) is 18.4 Å². The fraction of sp³-hybridized carbons (Fsp3) is 0.217. The van der Waals surface area contributed by atoms with Crippen LogP contribution in [0.1, 0.15) is 33.5 Å². The van der Waals surface area contributed by atoms with Gasteiger partial charge >= 0.3 is 0 Å². The molecule has 2 aromatic carbocycles. The Bertz CT molecular complexity index is 994. The molecule has 0 saturated carbocycles. The highest BCUT2D eigenvalue weighted by atomic mass is 32.1. The zero-order valence-corrected chi connectivity index (χ0v) is 17.6. The molecule has 0 aliphatic heterocycles. The van der Waals surface area contributed by atoms with Crippen LogP contribution in [0.15, 0.2) is 59.8 Å². The van der Waals surface area contributed by atoms with Gasteiger partial charge in [-0.25, -0.2) is 0 Å². The molecule has 0 aliphatic carbocycles. The Labute approximate surface area is 172 Å². The number of hydrogen-bond acceptors (Lipinski definition) is 2. The summed E-state index contributed by atoms with van der Waals surface area (Å²) in [5.74, 6) is 0. The third-order valence-electron chi connectivity index (χ3n) is 4.58. The molecule has 0 bridgehead atoms. The molecule has 0 fully saturated rings. The second kappa shape index (κ2) is 8.85. The number of nitrogens with zero attached hydrogens (tertiary/aromatic N) is 2. The lowest BCUT2D eigenvalue weighted by molar-refractivity contribution is 0.798. The number of aryl methyl sites for hydroxylation is 4. The van der Waals surface area contributed by atoms with Crippen LogP contribution in [0.5, 0.6) is 0 Å². The minimum Gasteiger partial charge on any atom is -0.342 e. The summed E-state index contributed by atoms with van der Waals surface area (Å²) in [7, 11) is 0. The quantitative estimate of drug-likeness (QED) is 0.362. The van der Waals surface area contributed by atoms with Gasteiger partial charge < -0.3 is 9.88 Å². The lowest BCUT2D eigenvalue weighted by atomic mass is 10.1. The van der Waals surface area contributed by atoms with E-state index in [0.717, 1.165) is 29.1 Å². The van der Waals surface area contributed by atoms with Crippen LogP contribution in [-0.4, -0.2) is 15.9 Å². The first-order valence-electron chi connectivity index (χ1n) is 9.31. The molecule has 0 atom stereocenters. The highest BCUT2D eigenvalue weighted by Crippen LogP contribution is 2.21. The average Bonchev–Trinajstić information content (AvgIpc) is 3.05. The van der Waals surface area contributed by atoms with E-state index >= 15 is 0 Å². The Morgan fingerprint density at radius 3 is 2.46 bits per heavy atom. The molecule has 0 spiro atoms. The summed E-state index contributed by atoms with van der Waals surface area (Å²) in [5.41, 5.74) is 11.1. The van der Waals surface area contributed by atoms with Crippen molar-refractivity contribution in [1.29, 1.82) is 0 Å². The van der Waals surface area contributed by atoms with E-state index in [1.807, 2.05) is 12.1 Å². The third-order valence-corrected chi connectivity index (χ3v) is 4.77. The van der Waals surface area contributed by atoms with Crippen molar-refractivity contribution in [3.05, 3.63) is 88.2 Å². The second-order valence-electron chi connectivity index (χ2n) is 7.15. The van der Waals surface area contributed by atoms with E-state index in [2.05, 4.69) is 90.7 Å². The van der Waals surface area contributed by atoms with Crippen LogP contribution >= 0.6 is 12.2 Å². The van der Waals surface area contributed by atoms with E-state index in [4.69, 9.17) is 12.2 Å². The molecule has 0 saturated heterocycles. The van der Waals surface area contributed by atoms with Crippen molar-refractivity contribution in [2.75, 3.05) is 5.32 Å². The van der Waals surface area contributed by atoms with Crippen LogP contribution in [0.2, 0.25) is 0 Å². The van der Waals surface area contributed by atoms with Crippen molar-refractivity contribution < 1.29 is 0 Å². The Hall–Kier alpha value is -2.92. The third kappa shape index (κ3) is 5.08. The van der Waals surface area contributed by atoms with E-state index < -0.39 is 0 Å². The highest BCUT2D eigenvalue weighted by Gasteiger charge is 2.05. The smallest absolute Gasteiger partial charge is 0.191 e. The van der Waals surface area contributed by atoms with E-state index in [9.17, 15) is 0 Å². The largest absolute Gasteiger partial charge is 0.342 e. The van der Waals surface area contributed by atoms with Crippen LogP contribution in [0, 0.1) is 27.7 Å². The van der Waals surface area contributed by atoms with Crippen LogP contribution in [-0.2, 0) is 6.54 Å². The Morgan fingerprint density at radius 1 is 1.00 bits per heavy atom. The first-order chi connectivity index (χ1) is 13.4. The van der Waals surface area contributed by atoms with E-state index in [0.29, 0.717) is 5.11 Å². The van der Waals surface area contributed by atoms with Gasteiger partial charge in [-0.1, -0.05) is 47.5 Å². The number of rotatable bonds is 5. The van der Waals surface area contributed by atoms with Crippen molar-refractivity contribution >= 4 is 29.2 Å². The van der Waals surface area contributed by atoms with Crippen molar-refractivity contribution in [3.8, 4) is 0 Å².